The third kappa shape index (κ3) is 3.50. The van der Waals surface area contributed by atoms with Gasteiger partial charge in [0.25, 0.3) is 5.91 Å². The van der Waals surface area contributed by atoms with Crippen LogP contribution in [0.25, 0.3) is 10.9 Å². The number of carboxylic acids is 1. The van der Waals surface area contributed by atoms with Crippen LogP contribution < -0.4 is 10.4 Å². The van der Waals surface area contributed by atoms with Crippen LogP contribution in [-0.4, -0.2) is 29.4 Å². The molecule has 0 fully saturated rings. The normalized spacial score (nSPS) is 10.6. The second kappa shape index (κ2) is 7.28. The number of aromatic carboxylic acids is 1. The number of benzene rings is 2. The van der Waals surface area contributed by atoms with Crippen LogP contribution in [0.1, 0.15) is 38.1 Å². The van der Waals surface area contributed by atoms with E-state index in [-0.39, 0.29) is 34.5 Å². The van der Waals surface area contributed by atoms with Gasteiger partial charge in [-0.15, -0.1) is 0 Å². The van der Waals surface area contributed by atoms with E-state index in [4.69, 9.17) is 4.74 Å². The minimum Gasteiger partial charge on any atom is -0.545 e. The van der Waals surface area contributed by atoms with E-state index in [0.717, 1.165) is 6.07 Å². The zero-order valence-electron chi connectivity index (χ0n) is 14.2. The Morgan fingerprint density at radius 3 is 2.52 bits per heavy atom. The van der Waals surface area contributed by atoms with E-state index in [1.54, 1.807) is 6.92 Å². The van der Waals surface area contributed by atoms with Crippen molar-refractivity contribution >= 4 is 34.4 Å². The lowest BCUT2D eigenvalue weighted by Crippen LogP contribution is -2.26. The van der Waals surface area contributed by atoms with Gasteiger partial charge in [-0.1, -0.05) is 18.2 Å². The number of aromatic nitrogens is 1. The summed E-state index contributed by atoms with van der Waals surface area (Å²) >= 11 is 0. The molecule has 7 nitrogen and oxygen atoms in total. The fraction of sp³-hybridized carbons (Fsp3) is 0.105. The van der Waals surface area contributed by atoms with Crippen LogP contribution in [0.3, 0.4) is 0 Å². The summed E-state index contributed by atoms with van der Waals surface area (Å²) in [4.78, 5) is 38.9. The second-order valence-electron chi connectivity index (χ2n) is 5.57. The van der Waals surface area contributed by atoms with Crippen molar-refractivity contribution in [2.45, 2.75) is 6.92 Å². The summed E-state index contributed by atoms with van der Waals surface area (Å²) in [6, 6.07) is 9.23. The van der Waals surface area contributed by atoms with E-state index in [2.05, 4.69) is 10.3 Å². The average molecular weight is 369 g/mol. The highest BCUT2D eigenvalue weighted by Gasteiger charge is 2.22. The Bertz CT molecular complexity index is 1060. The number of carboxylic acid groups (broad SMARTS) is 1. The number of fused-ring (bicyclic) bond motifs is 1. The van der Waals surface area contributed by atoms with Crippen LogP contribution in [0.5, 0.6) is 0 Å². The summed E-state index contributed by atoms with van der Waals surface area (Å²) in [5.74, 6) is -3.61. The van der Waals surface area contributed by atoms with E-state index >= 15 is 0 Å². The Morgan fingerprint density at radius 2 is 1.85 bits per heavy atom. The van der Waals surface area contributed by atoms with Crippen molar-refractivity contribution in [1.29, 1.82) is 0 Å². The van der Waals surface area contributed by atoms with Gasteiger partial charge in [0, 0.05) is 22.0 Å². The lowest BCUT2D eigenvalue weighted by atomic mass is 10.1. The van der Waals surface area contributed by atoms with E-state index in [1.165, 1.54) is 36.4 Å². The van der Waals surface area contributed by atoms with Gasteiger partial charge >= 0.3 is 5.97 Å². The highest BCUT2D eigenvalue weighted by atomic mass is 19.1. The van der Waals surface area contributed by atoms with Gasteiger partial charge in [0.15, 0.2) is 0 Å². The molecule has 0 aliphatic rings. The first kappa shape index (κ1) is 18.1. The lowest BCUT2D eigenvalue weighted by Gasteiger charge is -2.11. The number of halogens is 1. The van der Waals surface area contributed by atoms with Gasteiger partial charge < -0.3 is 24.9 Å². The SMILES string of the molecule is CCOC(=O)c1[nH]c2ccc(F)cc2c1NC(=O)c1ccccc1C(=O)[O-]. The van der Waals surface area contributed by atoms with E-state index in [1.807, 2.05) is 0 Å². The Morgan fingerprint density at radius 1 is 1.15 bits per heavy atom. The van der Waals surface area contributed by atoms with E-state index < -0.39 is 23.7 Å². The summed E-state index contributed by atoms with van der Waals surface area (Å²) in [7, 11) is 0. The zero-order valence-corrected chi connectivity index (χ0v) is 14.2. The number of nitrogens with one attached hydrogen (secondary N) is 2. The molecule has 0 saturated carbocycles. The van der Waals surface area contributed by atoms with Crippen molar-refractivity contribution < 1.29 is 28.6 Å². The van der Waals surface area contributed by atoms with Crippen molar-refractivity contribution in [2.24, 2.45) is 0 Å². The van der Waals surface area contributed by atoms with Crippen molar-refractivity contribution in [3.8, 4) is 0 Å². The molecular weight excluding hydrogens is 355 g/mol. The molecule has 3 aromatic rings. The Balaban J connectivity index is 2.09. The molecule has 0 aliphatic carbocycles. The van der Waals surface area contributed by atoms with Crippen molar-refractivity contribution in [3.63, 3.8) is 0 Å². The number of H-pyrrole nitrogens is 1. The average Bonchev–Trinajstić information content (AvgIpc) is 2.99. The molecule has 0 aliphatic heterocycles. The number of anilines is 1. The maximum absolute atomic E-state index is 13.7. The molecule has 0 unspecified atom stereocenters. The molecule has 2 aromatic carbocycles. The summed E-state index contributed by atoms with van der Waals surface area (Å²) in [5, 5.41) is 14.0. The van der Waals surface area contributed by atoms with Gasteiger partial charge in [0.1, 0.15) is 11.5 Å². The van der Waals surface area contributed by atoms with Crippen LogP contribution >= 0.6 is 0 Å². The quantitative estimate of drug-likeness (QED) is 0.669. The van der Waals surface area contributed by atoms with Gasteiger partial charge in [0.05, 0.1) is 18.3 Å². The molecular formula is C19H14FN2O5-. The van der Waals surface area contributed by atoms with Crippen molar-refractivity contribution in [2.75, 3.05) is 11.9 Å². The first-order valence-electron chi connectivity index (χ1n) is 8.02. The van der Waals surface area contributed by atoms with Crippen LogP contribution in [0.2, 0.25) is 0 Å². The topological polar surface area (TPSA) is 111 Å². The van der Waals surface area contributed by atoms with Gasteiger partial charge in [-0.25, -0.2) is 9.18 Å². The van der Waals surface area contributed by atoms with Crippen molar-refractivity contribution in [1.82, 2.24) is 4.98 Å². The second-order valence-corrected chi connectivity index (χ2v) is 5.57. The summed E-state index contributed by atoms with van der Waals surface area (Å²) in [5.41, 5.74) is -0.127. The molecule has 2 N–H and O–H groups in total. The van der Waals surface area contributed by atoms with Crippen LogP contribution in [0.4, 0.5) is 10.1 Å². The van der Waals surface area contributed by atoms with Crippen molar-refractivity contribution in [3.05, 3.63) is 65.1 Å². The molecule has 3 rings (SSSR count). The number of ether oxygens (including phenoxy) is 1. The lowest BCUT2D eigenvalue weighted by molar-refractivity contribution is -0.255. The fourth-order valence-electron chi connectivity index (χ4n) is 2.69. The minimum atomic E-state index is -1.52. The highest BCUT2D eigenvalue weighted by molar-refractivity contribution is 6.16. The third-order valence-corrected chi connectivity index (χ3v) is 3.87. The number of carbonyl (C=O) groups is 3. The predicted molar refractivity (Wildman–Crippen MR) is 92.9 cm³/mol. The van der Waals surface area contributed by atoms with Gasteiger partial charge in [-0.2, -0.15) is 0 Å². The van der Waals surface area contributed by atoms with E-state index in [9.17, 15) is 23.9 Å². The number of amides is 1. The molecule has 0 atom stereocenters. The number of rotatable bonds is 5. The predicted octanol–water partition coefficient (Wildman–Crippen LogP) is 2.10. The Kier molecular flexibility index (Phi) is 4.89. The number of aromatic amines is 1. The first-order chi connectivity index (χ1) is 12.9. The van der Waals surface area contributed by atoms with Crippen LogP contribution in [-0.2, 0) is 4.74 Å². The third-order valence-electron chi connectivity index (χ3n) is 3.87. The summed E-state index contributed by atoms with van der Waals surface area (Å²) < 4.78 is 18.6. The number of hydrogen-bond acceptors (Lipinski definition) is 5. The van der Waals surface area contributed by atoms with Gasteiger partial charge in [-0.05, 0) is 31.2 Å². The van der Waals surface area contributed by atoms with Gasteiger partial charge in [-0.3, -0.25) is 4.79 Å². The zero-order chi connectivity index (χ0) is 19.6. The molecule has 0 spiro atoms. The summed E-state index contributed by atoms with van der Waals surface area (Å²) in [6.07, 6.45) is 0. The molecule has 138 valence electrons. The smallest absolute Gasteiger partial charge is 0.356 e. The van der Waals surface area contributed by atoms with E-state index in [0.29, 0.717) is 5.52 Å². The van der Waals surface area contributed by atoms with Gasteiger partial charge in [0.2, 0.25) is 0 Å². The molecule has 0 saturated heterocycles. The Labute approximate surface area is 152 Å². The monoisotopic (exact) mass is 369 g/mol. The highest BCUT2D eigenvalue weighted by Crippen LogP contribution is 2.30. The maximum Gasteiger partial charge on any atom is 0.356 e. The number of carbonyl (C=O) groups excluding carboxylic acids is 3. The summed E-state index contributed by atoms with van der Waals surface area (Å²) in [6.45, 7) is 1.72. The molecule has 1 aromatic heterocycles. The van der Waals surface area contributed by atoms with Crippen LogP contribution in [0, 0.1) is 5.82 Å². The maximum atomic E-state index is 13.7. The number of hydrogen-bond donors (Lipinski definition) is 2. The standard InChI is InChI=1S/C19H15FN2O5/c1-2-27-19(26)16-15(13-9-10(20)7-8-14(13)21-16)22-17(23)11-5-3-4-6-12(11)18(24)25/h3-9,21H,2H2,1H3,(H,22,23)(H,24,25)/p-1. The molecule has 27 heavy (non-hydrogen) atoms. The number of esters is 1. The molecule has 0 bridgehead atoms. The minimum absolute atomic E-state index is 0.00102. The largest absolute Gasteiger partial charge is 0.545 e. The molecule has 8 heteroatoms. The molecule has 0 radical (unpaired) electrons. The Hall–Kier alpha value is -3.68. The molecule has 1 heterocycles. The first-order valence-corrected chi connectivity index (χ1v) is 8.02. The molecule has 1 amide bonds. The fourth-order valence-corrected chi connectivity index (χ4v) is 2.69. The van der Waals surface area contributed by atoms with Crippen LogP contribution in [0.15, 0.2) is 42.5 Å².